The van der Waals surface area contributed by atoms with Gasteiger partial charge in [0.1, 0.15) is 30.5 Å². The Bertz CT molecular complexity index is 1630. The molecule has 1 amide bonds. The third-order valence-electron chi connectivity index (χ3n) is 6.73. The minimum absolute atomic E-state index is 0.146. The highest BCUT2D eigenvalue weighted by atomic mass is 16.5. The lowest BCUT2D eigenvalue weighted by atomic mass is 10.1. The number of nitrogens with one attached hydrogen (secondary N) is 1. The number of amides is 1. The molecule has 0 atom stereocenters. The Morgan fingerprint density at radius 3 is 2.71 bits per heavy atom. The Hall–Kier alpha value is -4.64. The largest absolute Gasteiger partial charge is 0.439 e. The van der Waals surface area contributed by atoms with Gasteiger partial charge >= 0.3 is 0 Å². The molecule has 1 N–H and O–H groups in total. The van der Waals surface area contributed by atoms with Crippen LogP contribution in [0.25, 0.3) is 16.6 Å². The molecule has 192 valence electrons. The van der Waals surface area contributed by atoms with Crippen LogP contribution in [0.4, 0.5) is 11.5 Å². The molecule has 0 bridgehead atoms. The zero-order chi connectivity index (χ0) is 26.1. The topological polar surface area (TPSA) is 114 Å². The monoisotopic (exact) mass is 509 g/mol. The van der Waals surface area contributed by atoms with Crippen molar-refractivity contribution in [2.24, 2.45) is 0 Å². The third kappa shape index (κ3) is 4.96. The van der Waals surface area contributed by atoms with Crippen molar-refractivity contribution in [3.8, 4) is 11.6 Å². The number of aromatic nitrogens is 6. The average Bonchev–Trinajstić information content (AvgIpc) is 3.39. The lowest BCUT2D eigenvalue weighted by Crippen LogP contribution is -2.47. The summed E-state index contributed by atoms with van der Waals surface area (Å²) >= 11 is 0. The number of nitrogens with zero attached hydrogens (tertiary/aromatic N) is 8. The van der Waals surface area contributed by atoms with Gasteiger partial charge in [-0.2, -0.15) is 0 Å². The van der Waals surface area contributed by atoms with E-state index < -0.39 is 0 Å². The van der Waals surface area contributed by atoms with Crippen LogP contribution in [0, 0.1) is 6.92 Å². The number of fused-ring (bicyclic) bond motifs is 2. The molecular weight excluding hydrogens is 482 g/mol. The van der Waals surface area contributed by atoms with Crippen molar-refractivity contribution in [2.75, 3.05) is 38.5 Å². The Morgan fingerprint density at radius 1 is 1.00 bits per heavy atom. The first-order valence-electron chi connectivity index (χ1n) is 12.4. The molecular formula is C27H27N9O2. The van der Waals surface area contributed by atoms with E-state index >= 15 is 0 Å². The molecule has 0 radical (unpaired) electrons. The van der Waals surface area contributed by atoms with Crippen LogP contribution in [-0.4, -0.2) is 78.5 Å². The number of benzene rings is 2. The standard InChI is InChI=1S/C27H27N9O2/c1-18-11-20(4-6-23(18)38-25-14-24-33-31-17-36(24)16-30-25)32-27-21-12-19(3-5-22(21)28-15-29-27)13-26(37)35-9-7-34(2)8-10-35/h3-6,11-12,14-17H,7-10,13H2,1-2H3,(H,28,29,32). The Morgan fingerprint density at radius 2 is 1.87 bits per heavy atom. The van der Waals surface area contributed by atoms with Crippen LogP contribution >= 0.6 is 0 Å². The molecule has 2 aromatic carbocycles. The van der Waals surface area contributed by atoms with Crippen LogP contribution in [0.1, 0.15) is 11.1 Å². The lowest BCUT2D eigenvalue weighted by molar-refractivity contribution is -0.132. The van der Waals surface area contributed by atoms with Gasteiger partial charge in [-0.15, -0.1) is 10.2 Å². The number of rotatable bonds is 6. The van der Waals surface area contributed by atoms with Crippen molar-refractivity contribution in [1.29, 1.82) is 0 Å². The van der Waals surface area contributed by atoms with Crippen LogP contribution in [0.3, 0.4) is 0 Å². The molecule has 11 heteroatoms. The molecule has 38 heavy (non-hydrogen) atoms. The zero-order valence-electron chi connectivity index (χ0n) is 21.2. The number of carbonyl (C=O) groups is 1. The number of piperazine rings is 1. The summed E-state index contributed by atoms with van der Waals surface area (Å²) in [6.07, 6.45) is 5.09. The lowest BCUT2D eigenvalue weighted by Gasteiger charge is -2.32. The second-order valence-electron chi connectivity index (χ2n) is 9.47. The van der Waals surface area contributed by atoms with E-state index in [1.807, 2.05) is 48.2 Å². The van der Waals surface area contributed by atoms with Crippen molar-refractivity contribution < 1.29 is 9.53 Å². The number of aryl methyl sites for hydroxylation is 1. The van der Waals surface area contributed by atoms with Gasteiger partial charge in [0.15, 0.2) is 5.65 Å². The Balaban J connectivity index is 1.19. The van der Waals surface area contributed by atoms with Gasteiger partial charge in [-0.3, -0.25) is 9.20 Å². The van der Waals surface area contributed by atoms with Crippen molar-refractivity contribution in [3.05, 3.63) is 72.6 Å². The summed E-state index contributed by atoms with van der Waals surface area (Å²) in [7, 11) is 2.08. The number of anilines is 2. The van der Waals surface area contributed by atoms with Crippen LogP contribution < -0.4 is 10.1 Å². The molecule has 5 aromatic rings. The number of ether oxygens (including phenoxy) is 1. The van der Waals surface area contributed by atoms with E-state index in [0.29, 0.717) is 29.5 Å². The van der Waals surface area contributed by atoms with Crippen molar-refractivity contribution >= 4 is 34.0 Å². The number of likely N-dealkylation sites (N-methyl/N-ethyl adjacent to an activating group) is 1. The van der Waals surface area contributed by atoms with E-state index in [1.165, 1.54) is 6.33 Å². The zero-order valence-corrected chi connectivity index (χ0v) is 21.2. The predicted octanol–water partition coefficient (Wildman–Crippen LogP) is 3.23. The first kappa shape index (κ1) is 23.7. The highest BCUT2D eigenvalue weighted by molar-refractivity contribution is 5.92. The molecule has 0 spiro atoms. The molecule has 1 aliphatic heterocycles. The number of hydrogen-bond acceptors (Lipinski definition) is 9. The molecule has 1 fully saturated rings. The third-order valence-corrected chi connectivity index (χ3v) is 6.73. The maximum absolute atomic E-state index is 12.9. The molecule has 11 nitrogen and oxygen atoms in total. The molecule has 1 aliphatic rings. The van der Waals surface area contributed by atoms with E-state index in [9.17, 15) is 4.79 Å². The van der Waals surface area contributed by atoms with Crippen LogP contribution in [-0.2, 0) is 11.2 Å². The number of carbonyl (C=O) groups excluding carboxylic acids is 1. The predicted molar refractivity (Wildman–Crippen MR) is 143 cm³/mol. The van der Waals surface area contributed by atoms with Crippen LogP contribution in [0.15, 0.2) is 61.4 Å². The van der Waals surface area contributed by atoms with Crippen molar-refractivity contribution in [3.63, 3.8) is 0 Å². The van der Waals surface area contributed by atoms with E-state index in [1.54, 1.807) is 23.1 Å². The van der Waals surface area contributed by atoms with E-state index in [2.05, 4.69) is 42.4 Å². The van der Waals surface area contributed by atoms with Gasteiger partial charge in [0.05, 0.1) is 11.9 Å². The van der Waals surface area contributed by atoms with Crippen LogP contribution in [0.5, 0.6) is 11.6 Å². The average molecular weight is 510 g/mol. The maximum Gasteiger partial charge on any atom is 0.227 e. The molecule has 0 unspecified atom stereocenters. The van der Waals surface area contributed by atoms with Gasteiger partial charge < -0.3 is 19.9 Å². The van der Waals surface area contributed by atoms with E-state index in [-0.39, 0.29) is 5.91 Å². The van der Waals surface area contributed by atoms with Gasteiger partial charge in [0, 0.05) is 43.3 Å². The normalized spacial score (nSPS) is 14.2. The minimum Gasteiger partial charge on any atom is -0.439 e. The van der Waals surface area contributed by atoms with Gasteiger partial charge in [-0.1, -0.05) is 6.07 Å². The Kier molecular flexibility index (Phi) is 6.26. The SMILES string of the molecule is Cc1cc(Nc2ncnc3ccc(CC(=O)N4CCN(C)CC4)cc23)ccc1Oc1cc2nncn2cn1. The van der Waals surface area contributed by atoms with E-state index in [4.69, 9.17) is 4.74 Å². The van der Waals surface area contributed by atoms with Gasteiger partial charge in [0.2, 0.25) is 11.8 Å². The van der Waals surface area contributed by atoms with E-state index in [0.717, 1.165) is 53.9 Å². The summed E-state index contributed by atoms with van der Waals surface area (Å²) in [5, 5.41) is 12.2. The highest BCUT2D eigenvalue weighted by Crippen LogP contribution is 2.29. The fourth-order valence-electron chi connectivity index (χ4n) is 4.51. The fraction of sp³-hybridized carbons (Fsp3) is 0.259. The summed E-state index contributed by atoms with van der Waals surface area (Å²) in [5.41, 5.74) is 4.19. The van der Waals surface area contributed by atoms with Crippen molar-refractivity contribution in [1.82, 2.24) is 39.3 Å². The van der Waals surface area contributed by atoms with Gasteiger partial charge in [0.25, 0.3) is 0 Å². The minimum atomic E-state index is 0.146. The first-order chi connectivity index (χ1) is 18.5. The summed E-state index contributed by atoms with van der Waals surface area (Å²) in [6, 6.07) is 13.4. The molecule has 0 aliphatic carbocycles. The molecule has 6 rings (SSSR count). The summed E-state index contributed by atoms with van der Waals surface area (Å²) in [4.78, 5) is 30.2. The quantitative estimate of drug-likeness (QED) is 0.368. The molecule has 1 saturated heterocycles. The second-order valence-corrected chi connectivity index (χ2v) is 9.47. The summed E-state index contributed by atoms with van der Waals surface area (Å²) < 4.78 is 7.70. The fourth-order valence-corrected chi connectivity index (χ4v) is 4.51. The summed E-state index contributed by atoms with van der Waals surface area (Å²) in [6.45, 7) is 5.31. The molecule has 4 heterocycles. The van der Waals surface area contributed by atoms with Gasteiger partial charge in [-0.05, 0) is 55.4 Å². The maximum atomic E-state index is 12.9. The number of hydrogen-bond donors (Lipinski definition) is 1. The highest BCUT2D eigenvalue weighted by Gasteiger charge is 2.19. The van der Waals surface area contributed by atoms with Crippen LogP contribution in [0.2, 0.25) is 0 Å². The molecule has 0 saturated carbocycles. The summed E-state index contributed by atoms with van der Waals surface area (Å²) in [5.74, 6) is 1.95. The smallest absolute Gasteiger partial charge is 0.227 e. The first-order valence-corrected chi connectivity index (χ1v) is 12.4. The van der Waals surface area contributed by atoms with Gasteiger partial charge in [-0.25, -0.2) is 15.0 Å². The second kappa shape index (κ2) is 10.0. The molecule has 3 aromatic heterocycles. The Labute approximate surface area is 219 Å². The van der Waals surface area contributed by atoms with Crippen molar-refractivity contribution in [2.45, 2.75) is 13.3 Å².